The summed E-state index contributed by atoms with van der Waals surface area (Å²) in [4.78, 5) is 11.3. The van der Waals surface area contributed by atoms with Crippen LogP contribution in [0.2, 0.25) is 0 Å². The van der Waals surface area contributed by atoms with E-state index in [2.05, 4.69) is 6.07 Å². The Hall–Kier alpha value is -3.73. The third-order valence-electron chi connectivity index (χ3n) is 4.07. The van der Waals surface area contributed by atoms with Crippen LogP contribution in [0.5, 0.6) is 17.2 Å². The summed E-state index contributed by atoms with van der Waals surface area (Å²) in [6.45, 7) is 0. The van der Waals surface area contributed by atoms with Crippen LogP contribution < -0.4 is 14.2 Å². The molecule has 0 bridgehead atoms. The molecule has 2 aromatic heterocycles. The van der Waals surface area contributed by atoms with Crippen LogP contribution in [0.4, 0.5) is 5.69 Å². The van der Waals surface area contributed by atoms with Gasteiger partial charge in [0.05, 0.1) is 31.8 Å². The lowest BCUT2D eigenvalue weighted by molar-refractivity contribution is -0.382. The van der Waals surface area contributed by atoms with Gasteiger partial charge in [0.1, 0.15) is 40.1 Å². The van der Waals surface area contributed by atoms with E-state index in [9.17, 15) is 15.4 Å². The van der Waals surface area contributed by atoms with Crippen molar-refractivity contribution < 1.29 is 19.1 Å². The molecule has 132 valence electrons. The molecule has 0 aliphatic rings. The van der Waals surface area contributed by atoms with Crippen molar-refractivity contribution in [2.45, 2.75) is 0 Å². The van der Waals surface area contributed by atoms with Gasteiger partial charge in [-0.3, -0.25) is 10.1 Å². The summed E-state index contributed by atoms with van der Waals surface area (Å²) in [5.41, 5.74) is 0.699. The lowest BCUT2D eigenvalue weighted by Crippen LogP contribution is -1.98. The molecule has 26 heavy (non-hydrogen) atoms. The van der Waals surface area contributed by atoms with Crippen molar-refractivity contribution in [2.24, 2.45) is 0 Å². The normalized spacial score (nSPS) is 10.4. The van der Waals surface area contributed by atoms with Crippen molar-refractivity contribution in [2.75, 3.05) is 21.3 Å². The van der Waals surface area contributed by atoms with Crippen molar-refractivity contribution in [1.29, 1.82) is 5.26 Å². The Morgan fingerprint density at radius 2 is 1.73 bits per heavy atom. The van der Waals surface area contributed by atoms with Gasteiger partial charge in [-0.05, 0) is 12.1 Å². The number of hydrogen-bond donors (Lipinski definition) is 0. The van der Waals surface area contributed by atoms with Crippen LogP contribution in [0.1, 0.15) is 5.69 Å². The molecule has 8 heteroatoms. The maximum absolute atomic E-state index is 11.8. The number of pyridine rings is 1. The molecule has 0 atom stereocenters. The number of aromatic nitrogens is 1. The Morgan fingerprint density at radius 3 is 2.23 bits per heavy atom. The molecular weight excluding hydrogens is 338 g/mol. The molecule has 8 nitrogen and oxygen atoms in total. The van der Waals surface area contributed by atoms with Gasteiger partial charge in [-0.2, -0.15) is 5.26 Å². The van der Waals surface area contributed by atoms with Gasteiger partial charge >= 0.3 is 5.69 Å². The molecule has 3 aromatic rings. The van der Waals surface area contributed by atoms with Gasteiger partial charge < -0.3 is 18.6 Å². The van der Waals surface area contributed by atoms with E-state index in [-0.39, 0.29) is 16.9 Å². The van der Waals surface area contributed by atoms with Gasteiger partial charge in [-0.25, -0.2) is 0 Å². The number of rotatable bonds is 5. The molecule has 3 rings (SSSR count). The number of methoxy groups -OCH3 is 3. The molecule has 0 spiro atoms. The number of hydrogen-bond acceptors (Lipinski definition) is 6. The van der Waals surface area contributed by atoms with Crippen molar-refractivity contribution >= 4 is 11.2 Å². The third kappa shape index (κ3) is 2.46. The molecule has 0 N–H and O–H groups in total. The Bertz CT molecular complexity index is 1020. The third-order valence-corrected chi connectivity index (χ3v) is 4.07. The summed E-state index contributed by atoms with van der Waals surface area (Å²) < 4.78 is 17.5. The van der Waals surface area contributed by atoms with Crippen LogP contribution in [-0.4, -0.2) is 30.7 Å². The fourth-order valence-electron chi connectivity index (χ4n) is 2.98. The van der Waals surface area contributed by atoms with Gasteiger partial charge in [-0.1, -0.05) is 6.07 Å². The van der Waals surface area contributed by atoms with Gasteiger partial charge in [0.25, 0.3) is 0 Å². The van der Waals surface area contributed by atoms with E-state index in [0.29, 0.717) is 28.3 Å². The zero-order valence-corrected chi connectivity index (χ0v) is 14.3. The second-order valence-electron chi connectivity index (χ2n) is 5.30. The fourth-order valence-corrected chi connectivity index (χ4v) is 2.98. The minimum Gasteiger partial charge on any atom is -0.496 e. The maximum Gasteiger partial charge on any atom is 0.304 e. The zero-order valence-electron chi connectivity index (χ0n) is 14.3. The van der Waals surface area contributed by atoms with Crippen LogP contribution in [0, 0.1) is 21.4 Å². The first-order valence-electron chi connectivity index (χ1n) is 7.55. The summed E-state index contributed by atoms with van der Waals surface area (Å²) in [7, 11) is 4.36. The Labute approximate surface area is 148 Å². The summed E-state index contributed by atoms with van der Waals surface area (Å²) in [6, 6.07) is 10.2. The highest BCUT2D eigenvalue weighted by atomic mass is 16.6. The van der Waals surface area contributed by atoms with E-state index < -0.39 is 4.92 Å². The van der Waals surface area contributed by atoms with Crippen LogP contribution in [-0.2, 0) is 0 Å². The summed E-state index contributed by atoms with van der Waals surface area (Å²) in [6.07, 6.45) is 1.60. The lowest BCUT2D eigenvalue weighted by Gasteiger charge is -2.14. The van der Waals surface area contributed by atoms with Crippen LogP contribution in [0.15, 0.2) is 36.5 Å². The minimum atomic E-state index is -0.505. The minimum absolute atomic E-state index is 0.120. The van der Waals surface area contributed by atoms with Crippen molar-refractivity contribution in [1.82, 2.24) is 4.40 Å². The van der Waals surface area contributed by atoms with E-state index in [0.717, 1.165) is 0 Å². The van der Waals surface area contributed by atoms with Crippen molar-refractivity contribution in [3.05, 3.63) is 52.3 Å². The van der Waals surface area contributed by atoms with E-state index in [1.165, 1.54) is 25.7 Å². The molecule has 0 saturated carbocycles. The molecule has 0 amide bonds. The predicted octanol–water partition coefficient (Wildman–Crippen LogP) is 3.41. The molecular formula is C18H15N3O5. The Kier molecular flexibility index (Phi) is 4.37. The van der Waals surface area contributed by atoms with Gasteiger partial charge in [0, 0.05) is 18.3 Å². The Morgan fingerprint density at radius 1 is 1.08 bits per heavy atom. The molecule has 2 heterocycles. The standard InChI is InChI=1S/C18H15N3O5/c1-24-11-8-14(25-2)17(15(9-11)26-3)16-13(10-19)20-7-5-4-6-12(20)18(16)21(22)23/h4-9H,1-3H3. The fraction of sp³-hybridized carbons (Fsp3) is 0.167. The summed E-state index contributed by atoms with van der Waals surface area (Å²) in [5.74, 6) is 1.07. The Balaban J connectivity index is 2.53. The first kappa shape index (κ1) is 17.1. The average Bonchev–Trinajstić information content (AvgIpc) is 3.00. The van der Waals surface area contributed by atoms with E-state index in [1.807, 2.05) is 0 Å². The van der Waals surface area contributed by atoms with E-state index in [4.69, 9.17) is 14.2 Å². The highest BCUT2D eigenvalue weighted by Gasteiger charge is 2.32. The number of ether oxygens (including phenoxy) is 3. The van der Waals surface area contributed by atoms with Crippen LogP contribution >= 0.6 is 0 Å². The molecule has 0 aliphatic carbocycles. The quantitative estimate of drug-likeness (QED) is 0.515. The molecule has 0 aliphatic heterocycles. The highest BCUT2D eigenvalue weighted by Crippen LogP contribution is 2.48. The van der Waals surface area contributed by atoms with Crippen molar-refractivity contribution in [3.63, 3.8) is 0 Å². The SMILES string of the molecule is COc1cc(OC)c(-c2c([N+](=O)[O-])c3ccccn3c2C#N)c(OC)c1. The van der Waals surface area contributed by atoms with E-state index >= 15 is 0 Å². The summed E-state index contributed by atoms with van der Waals surface area (Å²) >= 11 is 0. The van der Waals surface area contributed by atoms with Gasteiger partial charge in [-0.15, -0.1) is 0 Å². The molecule has 1 aromatic carbocycles. The molecule has 0 saturated heterocycles. The van der Waals surface area contributed by atoms with E-state index in [1.54, 1.807) is 36.5 Å². The topological polar surface area (TPSA) is 99.0 Å². The second kappa shape index (κ2) is 6.64. The maximum atomic E-state index is 11.8. The number of fused-ring (bicyclic) bond motifs is 1. The smallest absolute Gasteiger partial charge is 0.304 e. The zero-order chi connectivity index (χ0) is 18.8. The molecule has 0 radical (unpaired) electrons. The first-order chi connectivity index (χ1) is 12.6. The monoisotopic (exact) mass is 353 g/mol. The number of benzene rings is 1. The van der Waals surface area contributed by atoms with Crippen molar-refractivity contribution in [3.8, 4) is 34.4 Å². The number of nitro groups is 1. The largest absolute Gasteiger partial charge is 0.496 e. The lowest BCUT2D eigenvalue weighted by atomic mass is 10.0. The average molecular weight is 353 g/mol. The van der Waals surface area contributed by atoms with Crippen LogP contribution in [0.3, 0.4) is 0 Å². The second-order valence-corrected chi connectivity index (χ2v) is 5.30. The number of nitriles is 1. The predicted molar refractivity (Wildman–Crippen MR) is 93.9 cm³/mol. The molecule has 0 fully saturated rings. The highest BCUT2D eigenvalue weighted by molar-refractivity contribution is 5.94. The van der Waals surface area contributed by atoms with Crippen LogP contribution in [0.25, 0.3) is 16.6 Å². The molecule has 0 unspecified atom stereocenters. The van der Waals surface area contributed by atoms with Gasteiger partial charge in [0.15, 0.2) is 0 Å². The summed E-state index contributed by atoms with van der Waals surface area (Å²) in [5, 5.41) is 21.5. The first-order valence-corrected chi connectivity index (χ1v) is 7.55. The van der Waals surface area contributed by atoms with Gasteiger partial charge in [0.2, 0.25) is 0 Å². The number of nitrogens with zero attached hydrogens (tertiary/aromatic N) is 3.